The Bertz CT molecular complexity index is 876. The van der Waals surface area contributed by atoms with Crippen molar-refractivity contribution in [2.45, 2.75) is 11.8 Å². The van der Waals surface area contributed by atoms with E-state index in [1.165, 1.54) is 19.1 Å². The topological polar surface area (TPSA) is 59.0 Å². The van der Waals surface area contributed by atoms with Gasteiger partial charge in [0.15, 0.2) is 0 Å². The van der Waals surface area contributed by atoms with Gasteiger partial charge >= 0.3 is 0 Å². The third kappa shape index (κ3) is 4.05. The van der Waals surface area contributed by atoms with Gasteiger partial charge in [-0.25, -0.2) is 4.39 Å². The zero-order valence-electron chi connectivity index (χ0n) is 13.9. The molecule has 1 fully saturated rings. The summed E-state index contributed by atoms with van der Waals surface area (Å²) in [5.41, 5.74) is 0.982. The van der Waals surface area contributed by atoms with Crippen molar-refractivity contribution in [1.82, 2.24) is 4.90 Å². The fraction of sp³-hybridized carbons (Fsp3) is 0.278. The van der Waals surface area contributed by atoms with Gasteiger partial charge in [0.2, 0.25) is 0 Å². The Morgan fingerprint density at radius 2 is 1.80 bits per heavy atom. The van der Waals surface area contributed by atoms with Crippen molar-refractivity contribution in [1.29, 1.82) is 0 Å². The Morgan fingerprint density at radius 3 is 2.44 bits per heavy atom. The minimum atomic E-state index is -3.96. The highest BCUT2D eigenvalue weighted by molar-refractivity contribution is 7.90. The van der Waals surface area contributed by atoms with Gasteiger partial charge in [0.25, 0.3) is 10.0 Å². The SMILES string of the molecule is Cc1cc(S(=O)(=O)/N=C(/c2ccccc2)N2CCOCC2)ccc1F. The molecule has 0 unspecified atom stereocenters. The van der Waals surface area contributed by atoms with E-state index >= 15 is 0 Å². The van der Waals surface area contributed by atoms with Crippen LogP contribution >= 0.6 is 0 Å². The summed E-state index contributed by atoms with van der Waals surface area (Å²) in [7, 11) is -3.96. The normalized spacial score (nSPS) is 16.1. The van der Waals surface area contributed by atoms with Gasteiger partial charge in [-0.2, -0.15) is 8.42 Å². The first-order valence-corrected chi connectivity index (χ1v) is 9.40. The van der Waals surface area contributed by atoms with Crippen molar-refractivity contribution in [3.63, 3.8) is 0 Å². The maximum atomic E-state index is 13.5. The third-order valence-corrected chi connectivity index (χ3v) is 5.24. The zero-order chi connectivity index (χ0) is 17.9. The van der Waals surface area contributed by atoms with E-state index in [-0.39, 0.29) is 10.5 Å². The molecule has 1 aliphatic rings. The first-order chi connectivity index (χ1) is 12.0. The van der Waals surface area contributed by atoms with Crippen LogP contribution in [0.4, 0.5) is 4.39 Å². The molecule has 2 aromatic carbocycles. The molecule has 0 radical (unpaired) electrons. The Hall–Kier alpha value is -2.25. The van der Waals surface area contributed by atoms with Crippen molar-refractivity contribution in [3.8, 4) is 0 Å². The smallest absolute Gasteiger partial charge is 0.284 e. The van der Waals surface area contributed by atoms with Crippen molar-refractivity contribution in [2.24, 2.45) is 4.40 Å². The van der Waals surface area contributed by atoms with E-state index in [0.29, 0.717) is 37.7 Å². The standard InChI is InChI=1S/C18H19FN2O3S/c1-14-13-16(7-8-17(14)19)25(22,23)20-18(15-5-3-2-4-6-15)21-9-11-24-12-10-21/h2-8,13H,9-12H2,1H3/b20-18-. The molecular formula is C18H19FN2O3S. The van der Waals surface area contributed by atoms with Crippen LogP contribution < -0.4 is 0 Å². The van der Waals surface area contributed by atoms with Crippen LogP contribution in [0.25, 0.3) is 0 Å². The first-order valence-electron chi connectivity index (χ1n) is 7.96. The lowest BCUT2D eigenvalue weighted by Gasteiger charge is -2.29. The molecule has 3 rings (SSSR count). The quantitative estimate of drug-likeness (QED) is 0.622. The maximum absolute atomic E-state index is 13.5. The zero-order valence-corrected chi connectivity index (χ0v) is 14.7. The van der Waals surface area contributed by atoms with Crippen molar-refractivity contribution in [2.75, 3.05) is 26.3 Å². The van der Waals surface area contributed by atoms with Gasteiger partial charge in [0.1, 0.15) is 11.7 Å². The predicted molar refractivity (Wildman–Crippen MR) is 93.7 cm³/mol. The van der Waals surface area contributed by atoms with E-state index in [1.54, 1.807) is 0 Å². The average molecular weight is 362 g/mol. The lowest BCUT2D eigenvalue weighted by atomic mass is 10.2. The molecule has 0 aromatic heterocycles. The molecule has 132 valence electrons. The van der Waals surface area contributed by atoms with Crippen LogP contribution in [0.5, 0.6) is 0 Å². The number of amidine groups is 1. The van der Waals surface area contributed by atoms with Gasteiger partial charge in [-0.3, -0.25) is 0 Å². The summed E-state index contributed by atoms with van der Waals surface area (Å²) in [5, 5.41) is 0. The Balaban J connectivity index is 2.06. The number of hydrogen-bond acceptors (Lipinski definition) is 3. The highest BCUT2D eigenvalue weighted by atomic mass is 32.2. The van der Waals surface area contributed by atoms with Crippen molar-refractivity contribution < 1.29 is 17.5 Å². The number of nitrogens with zero attached hydrogens (tertiary/aromatic N) is 2. The lowest BCUT2D eigenvalue weighted by molar-refractivity contribution is 0.0683. The number of morpholine rings is 1. The average Bonchev–Trinajstić information content (AvgIpc) is 2.63. The molecular weight excluding hydrogens is 343 g/mol. The molecule has 0 amide bonds. The second kappa shape index (κ2) is 7.33. The minimum absolute atomic E-state index is 0.0203. The Morgan fingerprint density at radius 1 is 1.12 bits per heavy atom. The third-order valence-electron chi connectivity index (χ3n) is 3.98. The highest BCUT2D eigenvalue weighted by Gasteiger charge is 2.22. The fourth-order valence-electron chi connectivity index (χ4n) is 2.60. The second-order valence-corrected chi connectivity index (χ2v) is 7.37. The lowest BCUT2D eigenvalue weighted by Crippen LogP contribution is -2.41. The number of halogens is 1. The van der Waals surface area contributed by atoms with Gasteiger partial charge in [0.05, 0.1) is 18.1 Å². The molecule has 7 heteroatoms. The Labute approximate surface area is 146 Å². The number of benzene rings is 2. The summed E-state index contributed by atoms with van der Waals surface area (Å²) in [6, 6.07) is 12.9. The molecule has 0 bridgehead atoms. The van der Waals surface area contributed by atoms with Gasteiger partial charge in [-0.15, -0.1) is 4.40 Å². The monoisotopic (exact) mass is 362 g/mol. The maximum Gasteiger partial charge on any atom is 0.284 e. The van der Waals surface area contributed by atoms with E-state index in [1.807, 2.05) is 35.2 Å². The molecule has 2 aromatic rings. The van der Waals surface area contributed by atoms with Gasteiger partial charge in [0, 0.05) is 18.7 Å². The van der Waals surface area contributed by atoms with Gasteiger partial charge < -0.3 is 9.64 Å². The summed E-state index contributed by atoms with van der Waals surface area (Å²) in [6.07, 6.45) is 0. The van der Waals surface area contributed by atoms with Crippen LogP contribution in [0.2, 0.25) is 0 Å². The van der Waals surface area contributed by atoms with E-state index in [2.05, 4.69) is 4.40 Å². The number of rotatable bonds is 3. The van der Waals surface area contributed by atoms with Crippen LogP contribution in [0, 0.1) is 12.7 Å². The van der Waals surface area contributed by atoms with Crippen LogP contribution in [-0.4, -0.2) is 45.5 Å². The summed E-state index contributed by atoms with van der Waals surface area (Å²) in [4.78, 5) is 1.88. The molecule has 1 saturated heterocycles. The first kappa shape index (κ1) is 17.6. The highest BCUT2D eigenvalue weighted by Crippen LogP contribution is 2.19. The summed E-state index contributed by atoms with van der Waals surface area (Å²) in [5.74, 6) is -0.0646. The number of aryl methyl sites for hydroxylation is 1. The van der Waals surface area contributed by atoms with Crippen molar-refractivity contribution in [3.05, 3.63) is 65.5 Å². The fourth-order valence-corrected chi connectivity index (χ4v) is 3.72. The summed E-state index contributed by atoms with van der Waals surface area (Å²) in [6.45, 7) is 3.68. The van der Waals surface area contributed by atoms with Gasteiger partial charge in [-0.05, 0) is 30.7 Å². The minimum Gasteiger partial charge on any atom is -0.378 e. The van der Waals surface area contributed by atoms with Gasteiger partial charge in [-0.1, -0.05) is 30.3 Å². The van der Waals surface area contributed by atoms with Crippen molar-refractivity contribution >= 4 is 15.9 Å². The van der Waals surface area contributed by atoms with E-state index in [9.17, 15) is 12.8 Å². The summed E-state index contributed by atoms with van der Waals surface area (Å²) < 4.78 is 48.4. The number of hydrogen-bond donors (Lipinski definition) is 0. The Kier molecular flexibility index (Phi) is 5.15. The van der Waals surface area contributed by atoms with Crippen LogP contribution in [0.1, 0.15) is 11.1 Å². The van der Waals surface area contributed by atoms with Crippen LogP contribution in [0.15, 0.2) is 57.8 Å². The molecule has 0 atom stereocenters. The summed E-state index contributed by atoms with van der Waals surface area (Å²) >= 11 is 0. The molecule has 1 aliphatic heterocycles. The van der Waals surface area contributed by atoms with E-state index in [4.69, 9.17) is 4.74 Å². The van der Waals surface area contributed by atoms with E-state index < -0.39 is 15.8 Å². The molecule has 25 heavy (non-hydrogen) atoms. The molecule has 1 heterocycles. The van der Waals surface area contributed by atoms with E-state index in [0.717, 1.165) is 6.07 Å². The predicted octanol–water partition coefficient (Wildman–Crippen LogP) is 2.60. The molecule has 0 aliphatic carbocycles. The molecule has 5 nitrogen and oxygen atoms in total. The molecule has 0 spiro atoms. The van der Waals surface area contributed by atoms with Crippen LogP contribution in [-0.2, 0) is 14.8 Å². The largest absolute Gasteiger partial charge is 0.378 e. The second-order valence-electron chi connectivity index (χ2n) is 5.77. The number of sulfonamides is 1. The molecule has 0 N–H and O–H groups in total. The number of ether oxygens (including phenoxy) is 1. The molecule has 0 saturated carbocycles. The van der Waals surface area contributed by atoms with Crippen LogP contribution in [0.3, 0.4) is 0 Å².